The van der Waals surface area contributed by atoms with Crippen molar-refractivity contribution in [1.29, 1.82) is 0 Å². The summed E-state index contributed by atoms with van der Waals surface area (Å²) in [4.78, 5) is 4.36. The van der Waals surface area contributed by atoms with Gasteiger partial charge in [-0.2, -0.15) is 0 Å². The van der Waals surface area contributed by atoms with Gasteiger partial charge in [-0.05, 0) is 16.5 Å². The van der Waals surface area contributed by atoms with Crippen molar-refractivity contribution in [3.63, 3.8) is 0 Å². The van der Waals surface area contributed by atoms with Crippen molar-refractivity contribution in [1.82, 2.24) is 0 Å². The van der Waals surface area contributed by atoms with E-state index in [4.69, 9.17) is 5.26 Å². The molecule has 0 amide bonds. The van der Waals surface area contributed by atoms with Crippen molar-refractivity contribution in [3.05, 3.63) is 0 Å². The van der Waals surface area contributed by atoms with E-state index in [0.29, 0.717) is 6.61 Å². The molecule has 10 heavy (non-hydrogen) atoms. The van der Waals surface area contributed by atoms with E-state index in [1.165, 1.54) is 12.8 Å². The Labute approximate surface area is 60.5 Å². The summed E-state index contributed by atoms with van der Waals surface area (Å²) in [6, 6.07) is 0. The summed E-state index contributed by atoms with van der Waals surface area (Å²) in [6.45, 7) is 2.59. The molecule has 0 atom stereocenters. The first-order valence-corrected chi connectivity index (χ1v) is 3.51. The van der Waals surface area contributed by atoms with E-state index in [0.717, 1.165) is 12.8 Å². The second-order valence-electron chi connectivity index (χ2n) is 2.03. The average molecular weight is 150 g/mol. The highest BCUT2D eigenvalue weighted by molar-refractivity contribution is 4.36. The van der Waals surface area contributed by atoms with Gasteiger partial charge in [0.2, 0.25) is 0 Å². The largest absolute Gasteiger partial charge is 0.219 e. The topological polar surface area (TPSA) is 47.9 Å². The molecular weight excluding hydrogens is 136 g/mol. The second kappa shape index (κ2) is 8.84. The van der Waals surface area contributed by atoms with Gasteiger partial charge in [0.25, 0.3) is 0 Å². The molecule has 0 unspecified atom stereocenters. The average Bonchev–Trinajstić information content (AvgIpc) is 1.97. The molecule has 0 fully saturated rings. The minimum atomic E-state index is 0.459. The first-order valence-electron chi connectivity index (χ1n) is 3.51. The van der Waals surface area contributed by atoms with E-state index in [9.17, 15) is 0 Å². The molecule has 0 spiro atoms. The molecule has 4 nitrogen and oxygen atoms in total. The first kappa shape index (κ1) is 9.84. The third kappa shape index (κ3) is 7.84. The van der Waals surface area contributed by atoms with Gasteiger partial charge in [-0.3, -0.25) is 0 Å². The van der Waals surface area contributed by atoms with Gasteiger partial charge in [0.05, 0.1) is 6.61 Å². The Bertz CT molecular complexity index is 49.7. The third-order valence-corrected chi connectivity index (χ3v) is 1.16. The van der Waals surface area contributed by atoms with Crippen molar-refractivity contribution in [2.24, 2.45) is 0 Å². The fourth-order valence-corrected chi connectivity index (χ4v) is 0.643. The van der Waals surface area contributed by atoms with Gasteiger partial charge in [0.15, 0.2) is 0 Å². The molecule has 0 radical (unpaired) electrons. The summed E-state index contributed by atoms with van der Waals surface area (Å²) >= 11 is 0. The van der Waals surface area contributed by atoms with Crippen LogP contribution >= 0.6 is 0 Å². The van der Waals surface area contributed by atoms with Gasteiger partial charge < -0.3 is 0 Å². The molecule has 0 aliphatic rings. The molecule has 0 aliphatic heterocycles. The highest BCUT2D eigenvalue weighted by atomic mass is 17.6. The molecule has 0 heterocycles. The molecule has 0 aromatic carbocycles. The Balaban J connectivity index is 2.65. The number of hydrogen-bond donors (Lipinski definition) is 1. The third-order valence-electron chi connectivity index (χ3n) is 1.16. The Kier molecular flexibility index (Phi) is 8.70. The molecule has 0 aromatic rings. The molecular formula is C6H14O4. The summed E-state index contributed by atoms with van der Waals surface area (Å²) in [5.74, 6) is 0. The Morgan fingerprint density at radius 3 is 2.60 bits per heavy atom. The Hall–Kier alpha value is -0.160. The maximum absolute atomic E-state index is 7.62. The monoisotopic (exact) mass is 150 g/mol. The molecule has 1 N–H and O–H groups in total. The lowest BCUT2D eigenvalue weighted by Crippen LogP contribution is -1.95. The minimum Gasteiger partial charge on any atom is -0.219 e. The van der Waals surface area contributed by atoms with Crippen LogP contribution in [0.4, 0.5) is 0 Å². The van der Waals surface area contributed by atoms with Crippen LogP contribution in [0.5, 0.6) is 0 Å². The molecule has 0 aromatic heterocycles. The van der Waals surface area contributed by atoms with E-state index >= 15 is 0 Å². The van der Waals surface area contributed by atoms with E-state index < -0.39 is 0 Å². The number of unbranched alkanes of at least 4 members (excludes halogenated alkanes) is 3. The Morgan fingerprint density at radius 2 is 2.00 bits per heavy atom. The summed E-state index contributed by atoms with van der Waals surface area (Å²) in [6.07, 6.45) is 4.43. The molecule has 0 saturated carbocycles. The van der Waals surface area contributed by atoms with Gasteiger partial charge in [-0.1, -0.05) is 26.2 Å². The minimum absolute atomic E-state index is 0.459. The van der Waals surface area contributed by atoms with Crippen LogP contribution in [0.15, 0.2) is 0 Å². The SMILES string of the molecule is CCCCCCOOOO. The zero-order valence-electron chi connectivity index (χ0n) is 6.21. The van der Waals surface area contributed by atoms with Gasteiger partial charge in [-0.15, -0.1) is 0 Å². The summed E-state index contributed by atoms with van der Waals surface area (Å²) < 4.78 is 0. The van der Waals surface area contributed by atoms with Crippen molar-refractivity contribution in [2.45, 2.75) is 32.6 Å². The number of rotatable bonds is 7. The van der Waals surface area contributed by atoms with Crippen molar-refractivity contribution >= 4 is 0 Å². The second-order valence-corrected chi connectivity index (χ2v) is 2.03. The van der Waals surface area contributed by atoms with Crippen LogP contribution in [0.1, 0.15) is 32.6 Å². The highest BCUT2D eigenvalue weighted by Crippen LogP contribution is 1.98. The van der Waals surface area contributed by atoms with Gasteiger partial charge in [0.1, 0.15) is 0 Å². The van der Waals surface area contributed by atoms with E-state index in [2.05, 4.69) is 21.9 Å². The van der Waals surface area contributed by atoms with Crippen LogP contribution in [-0.4, -0.2) is 11.9 Å². The lowest BCUT2D eigenvalue weighted by atomic mass is 10.2. The molecule has 4 heteroatoms. The summed E-state index contributed by atoms with van der Waals surface area (Å²) in [5, 5.41) is 14.6. The van der Waals surface area contributed by atoms with E-state index in [1.54, 1.807) is 0 Å². The molecule has 0 aliphatic carbocycles. The maximum Gasteiger partial charge on any atom is 0.0854 e. The van der Waals surface area contributed by atoms with E-state index in [-0.39, 0.29) is 0 Å². The standard InChI is InChI=1S/C6H14O4/c1-2-3-4-5-6-8-10-9-7/h7H,2-6H2,1H3. The smallest absolute Gasteiger partial charge is 0.0854 e. The normalized spacial score (nSPS) is 10.2. The van der Waals surface area contributed by atoms with Gasteiger partial charge >= 0.3 is 0 Å². The van der Waals surface area contributed by atoms with Gasteiger partial charge in [-0.25, -0.2) is 10.1 Å². The zero-order chi connectivity index (χ0) is 7.66. The van der Waals surface area contributed by atoms with Crippen LogP contribution in [0.2, 0.25) is 0 Å². The van der Waals surface area contributed by atoms with Crippen molar-refractivity contribution in [3.8, 4) is 0 Å². The van der Waals surface area contributed by atoms with Crippen LogP contribution in [0, 0.1) is 0 Å². The van der Waals surface area contributed by atoms with E-state index in [1.807, 2.05) is 0 Å². The molecule has 0 saturated heterocycles. The van der Waals surface area contributed by atoms with Gasteiger partial charge in [0, 0.05) is 0 Å². The van der Waals surface area contributed by atoms with Crippen LogP contribution in [0.25, 0.3) is 0 Å². The fourth-order valence-electron chi connectivity index (χ4n) is 0.643. The summed E-state index contributed by atoms with van der Waals surface area (Å²) in [7, 11) is 0. The van der Waals surface area contributed by atoms with Crippen LogP contribution in [0.3, 0.4) is 0 Å². The highest BCUT2D eigenvalue weighted by Gasteiger charge is 1.88. The van der Waals surface area contributed by atoms with Crippen LogP contribution in [-0.2, 0) is 15.0 Å². The predicted molar refractivity (Wildman–Crippen MR) is 34.9 cm³/mol. The number of hydrogen-bond acceptors (Lipinski definition) is 4. The first-order chi connectivity index (χ1) is 4.91. The van der Waals surface area contributed by atoms with Crippen molar-refractivity contribution in [2.75, 3.05) is 6.61 Å². The fraction of sp³-hybridized carbons (Fsp3) is 1.00. The zero-order valence-corrected chi connectivity index (χ0v) is 6.21. The Morgan fingerprint density at radius 1 is 1.20 bits per heavy atom. The maximum atomic E-state index is 7.62. The predicted octanol–water partition coefficient (Wildman–Crippen LogP) is 1.92. The quantitative estimate of drug-likeness (QED) is 0.342. The molecule has 0 rings (SSSR count). The van der Waals surface area contributed by atoms with Crippen LogP contribution < -0.4 is 0 Å². The van der Waals surface area contributed by atoms with Crippen molar-refractivity contribution < 1.29 is 20.2 Å². The lowest BCUT2D eigenvalue weighted by Gasteiger charge is -1.97. The summed E-state index contributed by atoms with van der Waals surface area (Å²) in [5.41, 5.74) is 0. The molecule has 0 bridgehead atoms. The molecule has 62 valence electrons. The lowest BCUT2D eigenvalue weighted by molar-refractivity contribution is -0.623.